The number of nitrogens with one attached hydrogen (secondary N) is 1. The van der Waals surface area contributed by atoms with Crippen molar-refractivity contribution in [2.45, 2.75) is 4.90 Å². The van der Waals surface area contributed by atoms with E-state index in [1.165, 1.54) is 0 Å². The highest BCUT2D eigenvalue weighted by atomic mass is 35.5. The summed E-state index contributed by atoms with van der Waals surface area (Å²) in [6.07, 6.45) is 1.77. The van der Waals surface area contributed by atoms with Crippen LogP contribution < -0.4 is 0 Å². The monoisotopic (exact) mass is 183 g/mol. The number of hydrogen-bond donors (Lipinski definition) is 2. The lowest BCUT2D eigenvalue weighted by molar-refractivity contribution is 1.47. The summed E-state index contributed by atoms with van der Waals surface area (Å²) in [7, 11) is 0. The summed E-state index contributed by atoms with van der Waals surface area (Å²) in [5, 5.41) is 1.73. The number of thiol groups is 1. The fourth-order valence-electron chi connectivity index (χ4n) is 1.12. The number of H-pyrrole nitrogens is 1. The van der Waals surface area contributed by atoms with Gasteiger partial charge in [-0.05, 0) is 12.1 Å². The molecule has 1 aromatic carbocycles. The zero-order valence-electron chi connectivity index (χ0n) is 5.63. The van der Waals surface area contributed by atoms with E-state index >= 15 is 0 Å². The third-order valence-electron chi connectivity index (χ3n) is 1.64. The van der Waals surface area contributed by atoms with Gasteiger partial charge in [0.15, 0.2) is 0 Å². The van der Waals surface area contributed by atoms with Gasteiger partial charge < -0.3 is 4.98 Å². The molecule has 0 bridgehead atoms. The number of benzene rings is 1. The predicted octanol–water partition coefficient (Wildman–Crippen LogP) is 3.11. The van der Waals surface area contributed by atoms with E-state index in [9.17, 15) is 0 Å². The van der Waals surface area contributed by atoms with Crippen molar-refractivity contribution in [2.24, 2.45) is 0 Å². The molecule has 0 unspecified atom stereocenters. The van der Waals surface area contributed by atoms with Crippen molar-refractivity contribution in [3.8, 4) is 0 Å². The van der Waals surface area contributed by atoms with E-state index < -0.39 is 0 Å². The maximum Gasteiger partial charge on any atom is 0.0670 e. The predicted molar refractivity (Wildman–Crippen MR) is 50.6 cm³/mol. The average molecular weight is 184 g/mol. The molecule has 56 valence electrons. The Morgan fingerprint density at radius 2 is 2.18 bits per heavy atom. The number of rotatable bonds is 0. The highest BCUT2D eigenvalue weighted by Crippen LogP contribution is 2.28. The van der Waals surface area contributed by atoms with E-state index in [0.717, 1.165) is 20.8 Å². The Bertz CT molecular complexity index is 394. The van der Waals surface area contributed by atoms with Crippen molar-refractivity contribution >= 4 is 35.1 Å². The molecule has 1 N–H and O–H groups in total. The second-order valence-corrected chi connectivity index (χ2v) is 3.23. The normalized spacial score (nSPS) is 10.7. The molecular formula is C8H6ClNS. The first-order valence-corrected chi connectivity index (χ1v) is 4.06. The number of fused-ring (bicyclic) bond motifs is 1. The first-order chi connectivity index (χ1) is 5.29. The molecule has 0 radical (unpaired) electrons. The molecule has 0 atom stereocenters. The van der Waals surface area contributed by atoms with Crippen molar-refractivity contribution < 1.29 is 0 Å². The molecule has 1 nitrogen and oxygen atoms in total. The van der Waals surface area contributed by atoms with Crippen LogP contribution in [0.15, 0.2) is 29.3 Å². The van der Waals surface area contributed by atoms with Crippen LogP contribution in [-0.2, 0) is 0 Å². The van der Waals surface area contributed by atoms with Gasteiger partial charge in [-0.25, -0.2) is 0 Å². The van der Waals surface area contributed by atoms with Gasteiger partial charge in [-0.15, -0.1) is 12.6 Å². The topological polar surface area (TPSA) is 15.8 Å². The Morgan fingerprint density at radius 3 is 2.91 bits per heavy atom. The van der Waals surface area contributed by atoms with Crippen LogP contribution in [0.3, 0.4) is 0 Å². The minimum absolute atomic E-state index is 0.727. The Morgan fingerprint density at radius 1 is 1.36 bits per heavy atom. The van der Waals surface area contributed by atoms with Crippen LogP contribution in [0.5, 0.6) is 0 Å². The van der Waals surface area contributed by atoms with E-state index in [2.05, 4.69) is 17.6 Å². The maximum atomic E-state index is 5.90. The van der Waals surface area contributed by atoms with Crippen LogP contribution in [0.2, 0.25) is 5.02 Å². The van der Waals surface area contributed by atoms with Gasteiger partial charge >= 0.3 is 0 Å². The highest BCUT2D eigenvalue weighted by Gasteiger charge is 2.02. The number of aromatic amines is 1. The lowest BCUT2D eigenvalue weighted by atomic mass is 10.2. The van der Waals surface area contributed by atoms with E-state index in [1.54, 1.807) is 6.20 Å². The van der Waals surface area contributed by atoms with Crippen LogP contribution in [-0.4, -0.2) is 4.98 Å². The van der Waals surface area contributed by atoms with Gasteiger partial charge in [0.25, 0.3) is 0 Å². The molecule has 1 aromatic heterocycles. The summed E-state index contributed by atoms with van der Waals surface area (Å²) in [5.41, 5.74) is 1.03. The van der Waals surface area contributed by atoms with E-state index in [0.29, 0.717) is 0 Å². The summed E-state index contributed by atoms with van der Waals surface area (Å²) < 4.78 is 0. The Kier molecular flexibility index (Phi) is 1.59. The molecular weight excluding hydrogens is 178 g/mol. The third kappa shape index (κ3) is 1.03. The van der Waals surface area contributed by atoms with Crippen LogP contribution in [0.25, 0.3) is 10.9 Å². The fourth-order valence-corrected chi connectivity index (χ4v) is 1.78. The molecule has 0 aliphatic heterocycles. The van der Waals surface area contributed by atoms with Gasteiger partial charge in [0.1, 0.15) is 0 Å². The minimum atomic E-state index is 0.727. The van der Waals surface area contributed by atoms with Crippen LogP contribution in [0.1, 0.15) is 0 Å². The van der Waals surface area contributed by atoms with Gasteiger partial charge in [-0.3, -0.25) is 0 Å². The standard InChI is InChI=1S/C8H6ClNS/c9-5-4-10-6-2-1-3-7(11)8(5)6/h1-4,10-11H. The molecule has 0 aliphatic carbocycles. The van der Waals surface area contributed by atoms with Gasteiger partial charge in [-0.1, -0.05) is 17.7 Å². The molecule has 0 saturated heterocycles. The minimum Gasteiger partial charge on any atom is -0.360 e. The lowest BCUT2D eigenvalue weighted by Gasteiger charge is -1.93. The van der Waals surface area contributed by atoms with Crippen LogP contribution >= 0.6 is 24.2 Å². The van der Waals surface area contributed by atoms with Crippen LogP contribution in [0, 0.1) is 0 Å². The zero-order valence-corrected chi connectivity index (χ0v) is 7.28. The molecule has 0 fully saturated rings. The molecule has 1 heterocycles. The fraction of sp³-hybridized carbons (Fsp3) is 0. The van der Waals surface area contributed by atoms with Crippen molar-refractivity contribution in [1.29, 1.82) is 0 Å². The number of halogens is 1. The van der Waals surface area contributed by atoms with Gasteiger partial charge in [0, 0.05) is 22.0 Å². The third-order valence-corrected chi connectivity index (χ3v) is 2.31. The van der Waals surface area contributed by atoms with E-state index in [-0.39, 0.29) is 0 Å². The first-order valence-electron chi connectivity index (χ1n) is 3.23. The quantitative estimate of drug-likeness (QED) is 0.584. The number of aromatic nitrogens is 1. The van der Waals surface area contributed by atoms with E-state index in [1.807, 2.05) is 18.2 Å². The second-order valence-electron chi connectivity index (χ2n) is 2.34. The SMILES string of the molecule is Sc1cccc2[nH]cc(Cl)c12. The largest absolute Gasteiger partial charge is 0.360 e. The highest BCUT2D eigenvalue weighted by molar-refractivity contribution is 7.80. The Hall–Kier alpha value is -0.600. The Labute approximate surface area is 74.8 Å². The summed E-state index contributed by atoms with van der Waals surface area (Å²) >= 11 is 10.2. The summed E-state index contributed by atoms with van der Waals surface area (Å²) in [6.45, 7) is 0. The van der Waals surface area contributed by atoms with Crippen molar-refractivity contribution in [3.05, 3.63) is 29.4 Å². The molecule has 0 spiro atoms. The summed E-state index contributed by atoms with van der Waals surface area (Å²) in [4.78, 5) is 3.96. The molecule has 2 aromatic rings. The van der Waals surface area contributed by atoms with Gasteiger partial charge in [-0.2, -0.15) is 0 Å². The van der Waals surface area contributed by atoms with Gasteiger partial charge in [0.2, 0.25) is 0 Å². The molecule has 0 aliphatic rings. The smallest absolute Gasteiger partial charge is 0.0670 e. The van der Waals surface area contributed by atoms with E-state index in [4.69, 9.17) is 11.6 Å². The molecule has 2 rings (SSSR count). The number of hydrogen-bond acceptors (Lipinski definition) is 1. The van der Waals surface area contributed by atoms with Crippen molar-refractivity contribution in [2.75, 3.05) is 0 Å². The Balaban J connectivity index is 2.96. The van der Waals surface area contributed by atoms with Crippen LogP contribution in [0.4, 0.5) is 0 Å². The first kappa shape index (κ1) is 7.07. The molecule has 3 heteroatoms. The zero-order chi connectivity index (χ0) is 7.84. The molecule has 11 heavy (non-hydrogen) atoms. The second kappa shape index (κ2) is 2.47. The summed E-state index contributed by atoms with van der Waals surface area (Å²) in [6, 6.07) is 5.84. The molecule has 0 amide bonds. The molecule has 0 saturated carbocycles. The average Bonchev–Trinajstić information content (AvgIpc) is 2.34. The van der Waals surface area contributed by atoms with Gasteiger partial charge in [0.05, 0.1) is 5.02 Å². The van der Waals surface area contributed by atoms with Crippen molar-refractivity contribution in [3.63, 3.8) is 0 Å². The maximum absolute atomic E-state index is 5.90. The lowest BCUT2D eigenvalue weighted by Crippen LogP contribution is -1.68. The summed E-state index contributed by atoms with van der Waals surface area (Å²) in [5.74, 6) is 0. The van der Waals surface area contributed by atoms with Crippen molar-refractivity contribution in [1.82, 2.24) is 4.98 Å².